The van der Waals surface area contributed by atoms with Crippen LogP contribution in [0.15, 0.2) is 79.3 Å². The minimum Gasteiger partial charge on any atom is -0.343 e. The molecule has 122 valence electrons. The van der Waals surface area contributed by atoms with Crippen LogP contribution in [-0.2, 0) is 6.54 Å². The second kappa shape index (κ2) is 6.57. The van der Waals surface area contributed by atoms with Crippen molar-refractivity contribution in [3.63, 3.8) is 0 Å². The van der Waals surface area contributed by atoms with E-state index >= 15 is 0 Å². The minimum absolute atomic E-state index is 0.0981. The number of hydrogen-bond acceptors (Lipinski definition) is 3. The SMILES string of the molecule is O=C(c1cnc2nc[nH]c2c1)N(Cc1ccccc1)c1ccccc1. The van der Waals surface area contributed by atoms with E-state index in [0.29, 0.717) is 17.8 Å². The zero-order valence-electron chi connectivity index (χ0n) is 13.5. The fourth-order valence-corrected chi connectivity index (χ4v) is 2.76. The lowest BCUT2D eigenvalue weighted by atomic mass is 10.1. The standard InChI is InChI=1S/C20H16N4O/c25-20(16-11-18-19(21-12-16)23-14-22-18)24(17-9-5-2-6-10-17)13-15-7-3-1-4-8-15/h1-12,14H,13H2,(H,21,22,23). The maximum absolute atomic E-state index is 13.2. The first-order valence-corrected chi connectivity index (χ1v) is 8.01. The average molecular weight is 328 g/mol. The number of aromatic nitrogens is 3. The van der Waals surface area contributed by atoms with Crippen molar-refractivity contribution in [2.24, 2.45) is 0 Å². The molecule has 1 N–H and O–H groups in total. The number of benzene rings is 2. The number of aromatic amines is 1. The number of carbonyl (C=O) groups excluding carboxylic acids is 1. The summed E-state index contributed by atoms with van der Waals surface area (Å²) in [4.78, 5) is 26.3. The maximum Gasteiger partial charge on any atom is 0.260 e. The fourth-order valence-electron chi connectivity index (χ4n) is 2.76. The molecule has 0 spiro atoms. The molecule has 2 aromatic heterocycles. The normalized spacial score (nSPS) is 10.7. The Hall–Kier alpha value is -3.47. The lowest BCUT2D eigenvalue weighted by molar-refractivity contribution is 0.0985. The minimum atomic E-state index is -0.0981. The summed E-state index contributed by atoms with van der Waals surface area (Å²) in [5.41, 5.74) is 3.79. The van der Waals surface area contributed by atoms with Crippen molar-refractivity contribution in [3.8, 4) is 0 Å². The predicted molar refractivity (Wildman–Crippen MR) is 97.3 cm³/mol. The smallest absolute Gasteiger partial charge is 0.260 e. The molecular formula is C20H16N4O. The van der Waals surface area contributed by atoms with Gasteiger partial charge in [-0.3, -0.25) is 4.79 Å². The van der Waals surface area contributed by atoms with Crippen molar-refractivity contribution in [1.29, 1.82) is 0 Å². The molecule has 0 saturated carbocycles. The van der Waals surface area contributed by atoms with Gasteiger partial charge in [-0.25, -0.2) is 9.97 Å². The van der Waals surface area contributed by atoms with E-state index in [2.05, 4.69) is 15.0 Å². The molecule has 25 heavy (non-hydrogen) atoms. The van der Waals surface area contributed by atoms with Gasteiger partial charge in [-0.15, -0.1) is 0 Å². The highest BCUT2D eigenvalue weighted by molar-refractivity contribution is 6.07. The Kier molecular flexibility index (Phi) is 3.96. The predicted octanol–water partition coefficient (Wildman–Crippen LogP) is 3.80. The molecule has 0 aliphatic heterocycles. The van der Waals surface area contributed by atoms with Gasteiger partial charge in [0.15, 0.2) is 5.65 Å². The molecule has 0 aliphatic carbocycles. The van der Waals surface area contributed by atoms with Crippen molar-refractivity contribution in [2.45, 2.75) is 6.54 Å². The number of fused-ring (bicyclic) bond motifs is 1. The highest BCUT2D eigenvalue weighted by Gasteiger charge is 2.19. The van der Waals surface area contributed by atoms with Gasteiger partial charge < -0.3 is 9.88 Å². The quantitative estimate of drug-likeness (QED) is 0.620. The Morgan fingerprint density at radius 2 is 1.68 bits per heavy atom. The number of anilines is 1. The summed E-state index contributed by atoms with van der Waals surface area (Å²) in [5.74, 6) is -0.0981. The van der Waals surface area contributed by atoms with Crippen LogP contribution in [0.3, 0.4) is 0 Å². The van der Waals surface area contributed by atoms with Gasteiger partial charge in [-0.05, 0) is 23.8 Å². The third-order valence-corrected chi connectivity index (χ3v) is 4.02. The average Bonchev–Trinajstić information content (AvgIpc) is 3.15. The molecule has 1 amide bonds. The van der Waals surface area contributed by atoms with Crippen LogP contribution in [0.4, 0.5) is 5.69 Å². The maximum atomic E-state index is 13.2. The van der Waals surface area contributed by atoms with Crippen LogP contribution in [0.2, 0.25) is 0 Å². The van der Waals surface area contributed by atoms with Crippen LogP contribution >= 0.6 is 0 Å². The largest absolute Gasteiger partial charge is 0.343 e. The van der Waals surface area contributed by atoms with Gasteiger partial charge in [0.25, 0.3) is 5.91 Å². The first kappa shape index (κ1) is 15.1. The third-order valence-electron chi connectivity index (χ3n) is 4.02. The van der Waals surface area contributed by atoms with Crippen LogP contribution in [0, 0.1) is 0 Å². The zero-order chi connectivity index (χ0) is 17.1. The Morgan fingerprint density at radius 3 is 2.44 bits per heavy atom. The van der Waals surface area contributed by atoms with Crippen molar-refractivity contribution < 1.29 is 4.79 Å². The van der Waals surface area contributed by atoms with Crippen molar-refractivity contribution in [1.82, 2.24) is 15.0 Å². The number of nitrogens with one attached hydrogen (secondary N) is 1. The second-order valence-corrected chi connectivity index (χ2v) is 5.71. The molecule has 0 atom stereocenters. The van der Waals surface area contributed by atoms with E-state index in [1.165, 1.54) is 0 Å². The molecule has 2 heterocycles. The molecule has 0 fully saturated rings. The Balaban J connectivity index is 1.72. The number of nitrogens with zero attached hydrogens (tertiary/aromatic N) is 3. The van der Waals surface area contributed by atoms with Crippen LogP contribution in [0.5, 0.6) is 0 Å². The van der Waals surface area contributed by atoms with Crippen LogP contribution in [0.1, 0.15) is 15.9 Å². The van der Waals surface area contributed by atoms with E-state index in [0.717, 1.165) is 16.8 Å². The van der Waals surface area contributed by atoms with Crippen molar-refractivity contribution >= 4 is 22.8 Å². The number of para-hydroxylation sites is 1. The fraction of sp³-hybridized carbons (Fsp3) is 0.0500. The van der Waals surface area contributed by atoms with Gasteiger partial charge in [0.05, 0.1) is 24.0 Å². The third kappa shape index (κ3) is 3.12. The Morgan fingerprint density at radius 1 is 0.960 bits per heavy atom. The lowest BCUT2D eigenvalue weighted by Gasteiger charge is -2.23. The first-order valence-electron chi connectivity index (χ1n) is 8.01. The van der Waals surface area contributed by atoms with E-state index in [4.69, 9.17) is 0 Å². The summed E-state index contributed by atoms with van der Waals surface area (Å²) in [6.45, 7) is 0.491. The molecule has 2 aromatic carbocycles. The second-order valence-electron chi connectivity index (χ2n) is 5.71. The first-order chi connectivity index (χ1) is 12.3. The summed E-state index contributed by atoms with van der Waals surface area (Å²) in [6, 6.07) is 21.4. The molecule has 4 rings (SSSR count). The number of amides is 1. The summed E-state index contributed by atoms with van der Waals surface area (Å²) >= 11 is 0. The highest BCUT2D eigenvalue weighted by Crippen LogP contribution is 2.20. The topological polar surface area (TPSA) is 61.9 Å². The summed E-state index contributed by atoms with van der Waals surface area (Å²) < 4.78 is 0. The van der Waals surface area contributed by atoms with Gasteiger partial charge in [-0.2, -0.15) is 0 Å². The molecule has 0 unspecified atom stereocenters. The molecule has 0 aliphatic rings. The molecule has 5 heteroatoms. The van der Waals surface area contributed by atoms with Crippen LogP contribution < -0.4 is 4.90 Å². The Labute approximate surface area is 145 Å². The van der Waals surface area contributed by atoms with E-state index in [1.54, 1.807) is 23.5 Å². The van der Waals surface area contributed by atoms with Crippen molar-refractivity contribution in [2.75, 3.05) is 4.90 Å². The number of rotatable bonds is 4. The van der Waals surface area contributed by atoms with Gasteiger partial charge in [-0.1, -0.05) is 48.5 Å². The number of H-pyrrole nitrogens is 1. The zero-order valence-corrected chi connectivity index (χ0v) is 13.5. The summed E-state index contributed by atoms with van der Waals surface area (Å²) in [5, 5.41) is 0. The number of carbonyl (C=O) groups is 1. The summed E-state index contributed by atoms with van der Waals surface area (Å²) in [7, 11) is 0. The molecule has 0 radical (unpaired) electrons. The van der Waals surface area contributed by atoms with Gasteiger partial charge in [0.1, 0.15) is 0 Å². The number of imidazole rings is 1. The van der Waals surface area contributed by atoms with Gasteiger partial charge >= 0.3 is 0 Å². The molecule has 5 nitrogen and oxygen atoms in total. The lowest BCUT2D eigenvalue weighted by Crippen LogP contribution is -2.30. The highest BCUT2D eigenvalue weighted by atomic mass is 16.2. The number of hydrogen-bond donors (Lipinski definition) is 1. The van der Waals surface area contributed by atoms with E-state index in [1.807, 2.05) is 60.7 Å². The summed E-state index contributed by atoms with van der Waals surface area (Å²) in [6.07, 6.45) is 3.15. The Bertz CT molecular complexity index is 996. The molecule has 4 aromatic rings. The van der Waals surface area contributed by atoms with Gasteiger partial charge in [0, 0.05) is 11.9 Å². The molecular weight excluding hydrogens is 312 g/mol. The van der Waals surface area contributed by atoms with Crippen LogP contribution in [-0.4, -0.2) is 20.9 Å². The molecule has 0 saturated heterocycles. The van der Waals surface area contributed by atoms with E-state index in [9.17, 15) is 4.79 Å². The monoisotopic (exact) mass is 328 g/mol. The number of pyridine rings is 1. The van der Waals surface area contributed by atoms with Crippen molar-refractivity contribution in [3.05, 3.63) is 90.4 Å². The van der Waals surface area contributed by atoms with E-state index < -0.39 is 0 Å². The van der Waals surface area contributed by atoms with Gasteiger partial charge in [0.2, 0.25) is 0 Å². The van der Waals surface area contributed by atoms with E-state index in [-0.39, 0.29) is 5.91 Å². The molecule has 0 bridgehead atoms. The van der Waals surface area contributed by atoms with Crippen LogP contribution in [0.25, 0.3) is 11.2 Å².